The fourth-order valence-corrected chi connectivity index (χ4v) is 2.41. The zero-order valence-corrected chi connectivity index (χ0v) is 9.73. The van der Waals surface area contributed by atoms with Crippen LogP contribution >= 0.6 is 0 Å². The first-order valence-corrected chi connectivity index (χ1v) is 6.03. The van der Waals surface area contributed by atoms with E-state index < -0.39 is 11.8 Å². The molecule has 5 heteroatoms. The largest absolute Gasteiger partial charge is 0.542 e. The van der Waals surface area contributed by atoms with Crippen LogP contribution in [-0.4, -0.2) is 15.5 Å². The summed E-state index contributed by atoms with van der Waals surface area (Å²) in [5, 5.41) is 11.1. The van der Waals surface area contributed by atoms with Crippen LogP contribution < -0.4 is 5.11 Å². The van der Waals surface area contributed by atoms with Crippen molar-refractivity contribution in [2.24, 2.45) is 5.92 Å². The lowest BCUT2D eigenvalue weighted by Crippen LogP contribution is -2.29. The number of hydrogen-bond donors (Lipinski definition) is 0. The first-order chi connectivity index (χ1) is 8.66. The van der Waals surface area contributed by atoms with Crippen LogP contribution in [0.1, 0.15) is 29.9 Å². The van der Waals surface area contributed by atoms with E-state index in [1.54, 1.807) is 6.07 Å². The fourth-order valence-electron chi connectivity index (χ4n) is 2.41. The summed E-state index contributed by atoms with van der Waals surface area (Å²) in [4.78, 5) is 15.0. The lowest BCUT2D eigenvalue weighted by atomic mass is 9.85. The molecule has 0 radical (unpaired) electrons. The van der Waals surface area contributed by atoms with Gasteiger partial charge in [-0.2, -0.15) is 0 Å². The smallest absolute Gasteiger partial charge is 0.156 e. The fraction of sp³-hybridized carbons (Fsp3) is 0.385. The highest BCUT2D eigenvalue weighted by Crippen LogP contribution is 2.30. The van der Waals surface area contributed by atoms with Crippen molar-refractivity contribution in [1.82, 2.24) is 9.55 Å². The molecule has 0 amide bonds. The number of rotatable bonds is 3. The third-order valence-electron chi connectivity index (χ3n) is 3.57. The van der Waals surface area contributed by atoms with Crippen molar-refractivity contribution in [2.45, 2.75) is 25.8 Å². The van der Waals surface area contributed by atoms with Crippen LogP contribution in [0.2, 0.25) is 0 Å². The number of hydrogen-bond acceptors (Lipinski definition) is 3. The first-order valence-electron chi connectivity index (χ1n) is 6.03. The number of carboxylic acid groups (broad SMARTS) is 1. The van der Waals surface area contributed by atoms with Crippen molar-refractivity contribution in [3.8, 4) is 0 Å². The van der Waals surface area contributed by atoms with Crippen molar-refractivity contribution in [1.29, 1.82) is 0 Å². The Morgan fingerprint density at radius 3 is 2.89 bits per heavy atom. The van der Waals surface area contributed by atoms with E-state index in [1.807, 2.05) is 0 Å². The second kappa shape index (κ2) is 4.08. The normalized spacial score (nSPS) is 15.8. The molecule has 0 saturated heterocycles. The van der Waals surface area contributed by atoms with Crippen molar-refractivity contribution in [3.05, 3.63) is 29.8 Å². The summed E-state index contributed by atoms with van der Waals surface area (Å²) >= 11 is 0. The Bertz CT molecular complexity index is 617. The summed E-state index contributed by atoms with van der Waals surface area (Å²) in [6.45, 7) is 0.501. The Hall–Kier alpha value is -1.91. The summed E-state index contributed by atoms with van der Waals surface area (Å²) in [6.07, 6.45) is 3.27. The van der Waals surface area contributed by atoms with E-state index in [-0.39, 0.29) is 11.3 Å². The molecule has 1 heterocycles. The zero-order valence-electron chi connectivity index (χ0n) is 9.73. The maximum atomic E-state index is 13.8. The van der Waals surface area contributed by atoms with Crippen LogP contribution in [0.3, 0.4) is 0 Å². The average Bonchev–Trinajstić information content (AvgIpc) is 2.64. The Morgan fingerprint density at radius 2 is 2.28 bits per heavy atom. The van der Waals surface area contributed by atoms with Gasteiger partial charge in [-0.25, -0.2) is 9.37 Å². The number of carbonyl (C=O) groups excluding carboxylic acids is 1. The van der Waals surface area contributed by atoms with Crippen LogP contribution in [0, 0.1) is 11.7 Å². The number of nitrogens with zero attached hydrogens (tertiary/aromatic N) is 2. The Labute approximate surface area is 103 Å². The highest BCUT2D eigenvalue weighted by Gasteiger charge is 2.22. The van der Waals surface area contributed by atoms with Crippen LogP contribution in [0.4, 0.5) is 4.39 Å². The molecule has 1 aromatic heterocycles. The standard InChI is InChI=1S/C13H13FN2O2/c14-9-5-2-6-10-11(9)16(7-8-3-1-4-8)12(15-10)13(17)18/h2,5-6,8H,1,3-4,7H2,(H,17,18)/p-1. The molecule has 1 aliphatic rings. The minimum atomic E-state index is -1.36. The van der Waals surface area contributed by atoms with Gasteiger partial charge in [-0.15, -0.1) is 0 Å². The van der Waals surface area contributed by atoms with E-state index in [0.29, 0.717) is 18.0 Å². The molecule has 0 aliphatic heterocycles. The molecular formula is C13H12FN2O2-. The first kappa shape index (κ1) is 11.2. The topological polar surface area (TPSA) is 57.9 Å². The van der Waals surface area contributed by atoms with Gasteiger partial charge in [0.15, 0.2) is 5.82 Å². The van der Waals surface area contributed by atoms with Crippen LogP contribution in [0.15, 0.2) is 18.2 Å². The number of halogens is 1. The molecule has 2 aromatic rings. The van der Waals surface area contributed by atoms with Crippen molar-refractivity contribution >= 4 is 17.0 Å². The van der Waals surface area contributed by atoms with Gasteiger partial charge in [-0.3, -0.25) is 0 Å². The highest BCUT2D eigenvalue weighted by atomic mass is 19.1. The Morgan fingerprint density at radius 1 is 1.50 bits per heavy atom. The number of benzene rings is 1. The summed E-state index contributed by atoms with van der Waals surface area (Å²) in [5.41, 5.74) is 0.636. The van der Waals surface area contributed by atoms with Gasteiger partial charge < -0.3 is 14.5 Å². The molecule has 4 nitrogen and oxygen atoms in total. The van der Waals surface area contributed by atoms with Crippen LogP contribution in [-0.2, 0) is 6.54 Å². The molecule has 3 rings (SSSR count). The van der Waals surface area contributed by atoms with Gasteiger partial charge in [0.2, 0.25) is 0 Å². The molecule has 0 unspecified atom stereocenters. The van der Waals surface area contributed by atoms with Gasteiger partial charge in [0.05, 0.1) is 5.52 Å². The Balaban J connectivity index is 2.16. The third kappa shape index (κ3) is 1.66. The summed E-state index contributed by atoms with van der Waals surface area (Å²) in [5.74, 6) is -1.56. The molecule has 0 spiro atoms. The second-order valence-electron chi connectivity index (χ2n) is 4.74. The number of carboxylic acids is 1. The molecule has 0 atom stereocenters. The van der Waals surface area contributed by atoms with Gasteiger partial charge in [0.25, 0.3) is 0 Å². The van der Waals surface area contributed by atoms with Gasteiger partial charge in [0.1, 0.15) is 17.3 Å². The number of carbonyl (C=O) groups is 1. The molecular weight excluding hydrogens is 235 g/mol. The third-order valence-corrected chi connectivity index (χ3v) is 3.57. The second-order valence-corrected chi connectivity index (χ2v) is 4.74. The molecule has 0 N–H and O–H groups in total. The van der Waals surface area contributed by atoms with Gasteiger partial charge in [-0.1, -0.05) is 12.5 Å². The van der Waals surface area contributed by atoms with Gasteiger partial charge in [-0.05, 0) is 30.9 Å². The summed E-state index contributed by atoms with van der Waals surface area (Å²) in [7, 11) is 0. The SMILES string of the molecule is O=C([O-])c1nc2cccc(F)c2n1CC1CCC1. The van der Waals surface area contributed by atoms with Gasteiger partial charge in [0, 0.05) is 6.54 Å². The van der Waals surface area contributed by atoms with Crippen molar-refractivity contribution in [3.63, 3.8) is 0 Å². The van der Waals surface area contributed by atoms with E-state index in [0.717, 1.165) is 19.3 Å². The highest BCUT2D eigenvalue weighted by molar-refractivity contribution is 5.88. The number of para-hydroxylation sites is 1. The van der Waals surface area contributed by atoms with Crippen LogP contribution in [0.25, 0.3) is 11.0 Å². The zero-order chi connectivity index (χ0) is 12.7. The number of fused-ring (bicyclic) bond motifs is 1. The molecule has 18 heavy (non-hydrogen) atoms. The summed E-state index contributed by atoms with van der Waals surface area (Å²) in [6, 6.07) is 4.46. The van der Waals surface area contributed by atoms with Gasteiger partial charge >= 0.3 is 0 Å². The molecule has 94 valence electrons. The maximum Gasteiger partial charge on any atom is 0.156 e. The van der Waals surface area contributed by atoms with E-state index in [4.69, 9.17) is 0 Å². The minimum absolute atomic E-state index is 0.179. The summed E-state index contributed by atoms with van der Waals surface area (Å²) < 4.78 is 15.3. The van der Waals surface area contributed by atoms with E-state index in [2.05, 4.69) is 4.98 Å². The quantitative estimate of drug-likeness (QED) is 0.822. The predicted octanol–water partition coefficient (Wildman–Crippen LogP) is 1.34. The molecule has 1 saturated carbocycles. The van der Waals surface area contributed by atoms with Crippen molar-refractivity contribution in [2.75, 3.05) is 0 Å². The van der Waals surface area contributed by atoms with Crippen molar-refractivity contribution < 1.29 is 14.3 Å². The monoisotopic (exact) mass is 247 g/mol. The van der Waals surface area contributed by atoms with E-state index in [9.17, 15) is 14.3 Å². The Kier molecular flexibility index (Phi) is 2.54. The van der Waals surface area contributed by atoms with E-state index in [1.165, 1.54) is 16.7 Å². The number of aromatic nitrogens is 2. The predicted molar refractivity (Wildman–Crippen MR) is 61.4 cm³/mol. The minimum Gasteiger partial charge on any atom is -0.542 e. The maximum absolute atomic E-state index is 13.8. The lowest BCUT2D eigenvalue weighted by Gasteiger charge is -2.26. The molecule has 1 aromatic carbocycles. The average molecular weight is 247 g/mol. The van der Waals surface area contributed by atoms with Crippen LogP contribution in [0.5, 0.6) is 0 Å². The number of imidazole rings is 1. The molecule has 1 aliphatic carbocycles. The molecule has 0 bridgehead atoms. The van der Waals surface area contributed by atoms with E-state index >= 15 is 0 Å². The lowest BCUT2D eigenvalue weighted by molar-refractivity contribution is -0.256. The molecule has 1 fully saturated rings. The number of aromatic carboxylic acids is 1.